The van der Waals surface area contributed by atoms with Crippen LogP contribution in [0.25, 0.3) is 0 Å². The zero-order valence-corrected chi connectivity index (χ0v) is 17.2. The normalized spacial score (nSPS) is 14.3. The number of rotatable bonds is 7. The fourth-order valence-electron chi connectivity index (χ4n) is 3.03. The SMILES string of the molecule is O=C(CCSc1ccc(Br)cc1)NCc1cccnc1N1CCCCC1. The van der Waals surface area contributed by atoms with Crippen LogP contribution in [0.2, 0.25) is 0 Å². The zero-order chi connectivity index (χ0) is 18.2. The van der Waals surface area contributed by atoms with Gasteiger partial charge < -0.3 is 10.2 Å². The summed E-state index contributed by atoms with van der Waals surface area (Å²) in [5.41, 5.74) is 1.10. The average molecular weight is 434 g/mol. The van der Waals surface area contributed by atoms with Crippen molar-refractivity contribution in [1.29, 1.82) is 0 Å². The molecule has 1 saturated heterocycles. The van der Waals surface area contributed by atoms with Crippen molar-refractivity contribution < 1.29 is 4.79 Å². The molecule has 0 saturated carbocycles. The molecular formula is C20H24BrN3OS. The van der Waals surface area contributed by atoms with E-state index in [4.69, 9.17) is 0 Å². The number of carbonyl (C=O) groups excluding carboxylic acids is 1. The van der Waals surface area contributed by atoms with Gasteiger partial charge in [-0.2, -0.15) is 0 Å². The molecule has 1 fully saturated rings. The number of thioether (sulfide) groups is 1. The van der Waals surface area contributed by atoms with Crippen molar-refractivity contribution in [1.82, 2.24) is 10.3 Å². The first-order chi connectivity index (χ1) is 12.7. The monoisotopic (exact) mass is 433 g/mol. The first-order valence-corrected chi connectivity index (χ1v) is 10.8. The van der Waals surface area contributed by atoms with Crippen molar-refractivity contribution in [2.45, 2.75) is 37.1 Å². The quantitative estimate of drug-likeness (QED) is 0.646. The van der Waals surface area contributed by atoms with Crippen LogP contribution < -0.4 is 10.2 Å². The standard InChI is InChI=1S/C20H24BrN3OS/c21-17-6-8-18(9-7-17)26-14-10-19(25)23-15-16-5-4-11-22-20(16)24-12-2-1-3-13-24/h4-9,11H,1-3,10,12-15H2,(H,23,25). The van der Waals surface area contributed by atoms with Crippen molar-refractivity contribution in [3.63, 3.8) is 0 Å². The van der Waals surface area contributed by atoms with E-state index < -0.39 is 0 Å². The number of aromatic nitrogens is 1. The highest BCUT2D eigenvalue weighted by atomic mass is 79.9. The Morgan fingerprint density at radius 3 is 2.69 bits per heavy atom. The maximum Gasteiger partial charge on any atom is 0.221 e. The number of hydrogen-bond donors (Lipinski definition) is 1. The van der Waals surface area contributed by atoms with E-state index >= 15 is 0 Å². The molecule has 1 amide bonds. The van der Waals surface area contributed by atoms with Gasteiger partial charge in [0.25, 0.3) is 0 Å². The van der Waals surface area contributed by atoms with E-state index in [0.29, 0.717) is 13.0 Å². The summed E-state index contributed by atoms with van der Waals surface area (Å²) in [6.45, 7) is 2.66. The number of anilines is 1. The second kappa shape index (κ2) is 9.97. The molecule has 0 bridgehead atoms. The molecule has 6 heteroatoms. The molecule has 4 nitrogen and oxygen atoms in total. The largest absolute Gasteiger partial charge is 0.356 e. The maximum atomic E-state index is 12.2. The van der Waals surface area contributed by atoms with Crippen LogP contribution in [0, 0.1) is 0 Å². The Morgan fingerprint density at radius 2 is 1.92 bits per heavy atom. The molecule has 2 heterocycles. The van der Waals surface area contributed by atoms with Gasteiger partial charge in [0.05, 0.1) is 0 Å². The summed E-state index contributed by atoms with van der Waals surface area (Å²) in [5.74, 6) is 1.89. The van der Waals surface area contributed by atoms with Gasteiger partial charge in [-0.1, -0.05) is 22.0 Å². The predicted molar refractivity (Wildman–Crippen MR) is 112 cm³/mol. The fourth-order valence-corrected chi connectivity index (χ4v) is 4.15. The van der Waals surface area contributed by atoms with Crippen LogP contribution in [0.5, 0.6) is 0 Å². The summed E-state index contributed by atoms with van der Waals surface area (Å²) in [7, 11) is 0. The predicted octanol–water partition coefficient (Wildman–Crippen LogP) is 4.63. The van der Waals surface area contributed by atoms with Crippen LogP contribution in [0.15, 0.2) is 52.0 Å². The summed E-state index contributed by atoms with van der Waals surface area (Å²) in [6, 6.07) is 12.2. The lowest BCUT2D eigenvalue weighted by Crippen LogP contribution is -2.32. The van der Waals surface area contributed by atoms with Gasteiger partial charge >= 0.3 is 0 Å². The molecule has 1 aromatic carbocycles. The van der Waals surface area contributed by atoms with E-state index in [9.17, 15) is 4.79 Å². The Balaban J connectivity index is 1.46. The second-order valence-electron chi connectivity index (χ2n) is 6.36. The van der Waals surface area contributed by atoms with E-state index in [-0.39, 0.29) is 5.91 Å². The van der Waals surface area contributed by atoms with Crippen molar-refractivity contribution in [2.75, 3.05) is 23.7 Å². The number of carbonyl (C=O) groups is 1. The third-order valence-corrected chi connectivity index (χ3v) is 5.95. The summed E-state index contributed by atoms with van der Waals surface area (Å²) in [5, 5.41) is 3.05. The third kappa shape index (κ3) is 5.74. The Morgan fingerprint density at radius 1 is 1.15 bits per heavy atom. The number of piperidine rings is 1. The van der Waals surface area contributed by atoms with Crippen molar-refractivity contribution >= 4 is 39.4 Å². The number of hydrogen-bond acceptors (Lipinski definition) is 4. The molecule has 2 aromatic rings. The van der Waals surface area contributed by atoms with E-state index in [1.54, 1.807) is 11.8 Å². The Labute approximate surface area is 167 Å². The summed E-state index contributed by atoms with van der Waals surface area (Å²) >= 11 is 5.13. The van der Waals surface area contributed by atoms with Crippen LogP contribution in [0.1, 0.15) is 31.2 Å². The van der Waals surface area contributed by atoms with E-state index in [1.807, 2.05) is 24.4 Å². The van der Waals surface area contributed by atoms with Gasteiger partial charge in [0.1, 0.15) is 5.82 Å². The Kier molecular flexibility index (Phi) is 7.38. The second-order valence-corrected chi connectivity index (χ2v) is 8.45. The number of nitrogens with zero attached hydrogens (tertiary/aromatic N) is 2. The molecule has 0 unspecified atom stereocenters. The molecular weight excluding hydrogens is 410 g/mol. The number of halogens is 1. The number of nitrogens with one attached hydrogen (secondary N) is 1. The highest BCUT2D eigenvalue weighted by molar-refractivity contribution is 9.10. The molecule has 0 radical (unpaired) electrons. The number of pyridine rings is 1. The summed E-state index contributed by atoms with van der Waals surface area (Å²) in [6.07, 6.45) is 6.08. The molecule has 1 N–H and O–H groups in total. The number of benzene rings is 1. The fraction of sp³-hybridized carbons (Fsp3) is 0.400. The van der Waals surface area contributed by atoms with Gasteiger partial charge in [0, 0.05) is 52.9 Å². The molecule has 0 spiro atoms. The van der Waals surface area contributed by atoms with E-state index in [0.717, 1.165) is 34.7 Å². The zero-order valence-electron chi connectivity index (χ0n) is 14.8. The lowest BCUT2D eigenvalue weighted by molar-refractivity contribution is -0.120. The minimum atomic E-state index is 0.0862. The molecule has 1 aliphatic heterocycles. The first kappa shape index (κ1) is 19.2. The smallest absolute Gasteiger partial charge is 0.221 e. The molecule has 26 heavy (non-hydrogen) atoms. The van der Waals surface area contributed by atoms with Crippen LogP contribution in [-0.2, 0) is 11.3 Å². The van der Waals surface area contributed by atoms with Gasteiger partial charge in [0.2, 0.25) is 5.91 Å². The van der Waals surface area contributed by atoms with Gasteiger partial charge in [-0.05, 0) is 49.6 Å². The highest BCUT2D eigenvalue weighted by Crippen LogP contribution is 2.22. The van der Waals surface area contributed by atoms with Gasteiger partial charge in [-0.25, -0.2) is 4.98 Å². The summed E-state index contributed by atoms with van der Waals surface area (Å²) < 4.78 is 1.07. The lowest BCUT2D eigenvalue weighted by Gasteiger charge is -2.29. The van der Waals surface area contributed by atoms with Crippen molar-refractivity contribution in [3.8, 4) is 0 Å². The number of amides is 1. The molecule has 3 rings (SSSR count). The average Bonchev–Trinajstić information content (AvgIpc) is 2.69. The van der Waals surface area contributed by atoms with Crippen LogP contribution in [0.3, 0.4) is 0 Å². The topological polar surface area (TPSA) is 45.2 Å². The van der Waals surface area contributed by atoms with Gasteiger partial charge in [0.15, 0.2) is 0 Å². The lowest BCUT2D eigenvalue weighted by atomic mass is 10.1. The molecule has 1 aromatic heterocycles. The molecule has 0 atom stereocenters. The van der Waals surface area contributed by atoms with Crippen LogP contribution in [-0.4, -0.2) is 29.7 Å². The van der Waals surface area contributed by atoms with Gasteiger partial charge in [-0.3, -0.25) is 4.79 Å². The molecule has 0 aliphatic carbocycles. The Hall–Kier alpha value is -1.53. The molecule has 138 valence electrons. The van der Waals surface area contributed by atoms with Crippen molar-refractivity contribution in [2.24, 2.45) is 0 Å². The minimum Gasteiger partial charge on any atom is -0.356 e. The minimum absolute atomic E-state index is 0.0862. The Bertz CT molecular complexity index is 717. The third-order valence-electron chi connectivity index (χ3n) is 4.41. The van der Waals surface area contributed by atoms with Crippen molar-refractivity contribution in [3.05, 3.63) is 52.6 Å². The van der Waals surface area contributed by atoms with E-state index in [1.165, 1.54) is 24.2 Å². The summed E-state index contributed by atoms with van der Waals surface area (Å²) in [4.78, 5) is 20.3. The molecule has 1 aliphatic rings. The first-order valence-electron chi connectivity index (χ1n) is 9.06. The van der Waals surface area contributed by atoms with Crippen LogP contribution >= 0.6 is 27.7 Å². The highest BCUT2D eigenvalue weighted by Gasteiger charge is 2.15. The maximum absolute atomic E-state index is 12.2. The van der Waals surface area contributed by atoms with Gasteiger partial charge in [-0.15, -0.1) is 11.8 Å². The van der Waals surface area contributed by atoms with E-state index in [2.05, 4.69) is 49.3 Å². The van der Waals surface area contributed by atoms with Crippen LogP contribution in [0.4, 0.5) is 5.82 Å².